The number of halogens is 1. The van der Waals surface area contributed by atoms with Gasteiger partial charge in [0.25, 0.3) is 15.8 Å². The van der Waals surface area contributed by atoms with Gasteiger partial charge in [0, 0.05) is 0 Å². The van der Waals surface area contributed by atoms with Crippen LogP contribution in [0, 0.1) is 0 Å². The van der Waals surface area contributed by atoms with E-state index in [0.29, 0.717) is 0 Å². The smallest absolute Gasteiger partial charge is 0.258 e. The number of rotatable bonds is 1. The van der Waals surface area contributed by atoms with Crippen molar-refractivity contribution in [2.24, 2.45) is 5.14 Å². The van der Waals surface area contributed by atoms with Crippen molar-refractivity contribution in [3.63, 3.8) is 0 Å². The normalized spacial score (nSPS) is 12.5. The first-order chi connectivity index (χ1) is 6.00. The van der Waals surface area contributed by atoms with Gasteiger partial charge in [-0.25, -0.2) is 23.1 Å². The predicted octanol–water partition coefficient (Wildman–Crippen LogP) is -0.642. The number of aromatic amines is 1. The van der Waals surface area contributed by atoms with Crippen LogP contribution in [0.4, 0.5) is 0 Å². The Balaban J connectivity index is 2.94. The zero-order chi connectivity index (χ0) is 9.64. The highest BCUT2D eigenvalue weighted by Crippen LogP contribution is 2.18. The number of hydrogen-bond donors (Lipinski definition) is 2. The highest BCUT2D eigenvalue weighted by molar-refractivity contribution is 7.89. The first-order valence-corrected chi connectivity index (χ1v) is 5.02. The Labute approximate surface area is 77.6 Å². The van der Waals surface area contributed by atoms with E-state index in [1.807, 2.05) is 0 Å². The second-order valence-corrected chi connectivity index (χ2v) is 4.11. The molecule has 2 rings (SSSR count). The van der Waals surface area contributed by atoms with Crippen LogP contribution in [0.3, 0.4) is 0 Å². The maximum absolute atomic E-state index is 11.0. The minimum Gasteiger partial charge on any atom is -0.280 e. The Bertz CT molecular complexity index is 554. The van der Waals surface area contributed by atoms with Crippen molar-refractivity contribution in [1.82, 2.24) is 19.6 Å². The number of nitrogens with zero attached hydrogens (tertiary/aromatic N) is 3. The summed E-state index contributed by atoms with van der Waals surface area (Å²) in [6, 6.07) is 0. The second kappa shape index (κ2) is 2.44. The molecule has 2 heterocycles. The first-order valence-electron chi connectivity index (χ1n) is 3.10. The van der Waals surface area contributed by atoms with E-state index in [4.69, 9.17) is 16.7 Å². The second-order valence-electron chi connectivity index (χ2n) is 2.28. The average Bonchev–Trinajstić information content (AvgIpc) is 2.41. The van der Waals surface area contributed by atoms with Gasteiger partial charge in [0.2, 0.25) is 5.03 Å². The Morgan fingerprint density at radius 1 is 1.62 bits per heavy atom. The molecule has 2 aromatic heterocycles. The van der Waals surface area contributed by atoms with Crippen molar-refractivity contribution in [3.05, 3.63) is 11.5 Å². The lowest BCUT2D eigenvalue weighted by molar-refractivity contribution is 0.590. The van der Waals surface area contributed by atoms with E-state index in [1.54, 1.807) is 0 Å². The monoisotopic (exact) mass is 221 g/mol. The molecule has 0 spiro atoms. The third kappa shape index (κ3) is 1.19. The number of fused-ring (bicyclic) bond motifs is 1. The minimum atomic E-state index is -3.89. The van der Waals surface area contributed by atoms with Gasteiger partial charge in [0.15, 0.2) is 5.15 Å². The third-order valence-electron chi connectivity index (χ3n) is 1.41. The SMILES string of the molecule is NS(=O)(=O)c1c(Cl)nc2nc[nH]n12. The van der Waals surface area contributed by atoms with E-state index in [0.717, 1.165) is 4.52 Å². The maximum Gasteiger partial charge on any atom is 0.258 e. The summed E-state index contributed by atoms with van der Waals surface area (Å²) in [5, 5.41) is 6.94. The van der Waals surface area contributed by atoms with E-state index < -0.39 is 10.0 Å². The van der Waals surface area contributed by atoms with Crippen LogP contribution < -0.4 is 5.14 Å². The van der Waals surface area contributed by atoms with Gasteiger partial charge >= 0.3 is 0 Å². The van der Waals surface area contributed by atoms with Crippen LogP contribution in [0.25, 0.3) is 5.78 Å². The first kappa shape index (κ1) is 8.48. The zero-order valence-electron chi connectivity index (χ0n) is 6.10. The van der Waals surface area contributed by atoms with Crippen molar-refractivity contribution in [2.45, 2.75) is 5.03 Å². The summed E-state index contributed by atoms with van der Waals surface area (Å²) in [6.45, 7) is 0. The molecule has 7 nitrogen and oxygen atoms in total. The van der Waals surface area contributed by atoms with Crippen molar-refractivity contribution >= 4 is 27.4 Å². The average molecular weight is 222 g/mol. The fourth-order valence-corrected chi connectivity index (χ4v) is 2.11. The van der Waals surface area contributed by atoms with Crippen molar-refractivity contribution < 1.29 is 8.42 Å². The molecule has 0 aromatic carbocycles. The number of primary sulfonamides is 1. The van der Waals surface area contributed by atoms with Gasteiger partial charge in [0.05, 0.1) is 0 Å². The minimum absolute atomic E-state index is 0.161. The fraction of sp³-hybridized carbons (Fsp3) is 0. The van der Waals surface area contributed by atoms with Crippen LogP contribution in [0.1, 0.15) is 0 Å². The summed E-state index contributed by atoms with van der Waals surface area (Å²) in [5.41, 5.74) is 0. The van der Waals surface area contributed by atoms with Gasteiger partial charge in [-0.2, -0.15) is 4.98 Å². The van der Waals surface area contributed by atoms with E-state index in [1.165, 1.54) is 6.33 Å². The molecule has 70 valence electrons. The summed E-state index contributed by atoms with van der Waals surface area (Å²) in [6.07, 6.45) is 1.29. The summed E-state index contributed by atoms with van der Waals surface area (Å²) in [7, 11) is -3.89. The van der Waals surface area contributed by atoms with Gasteiger partial charge in [-0.1, -0.05) is 11.6 Å². The van der Waals surface area contributed by atoms with E-state index in [2.05, 4.69) is 15.1 Å². The number of nitrogens with two attached hydrogens (primary N) is 1. The molecule has 0 bridgehead atoms. The molecule has 3 N–H and O–H groups in total. The molecule has 13 heavy (non-hydrogen) atoms. The van der Waals surface area contributed by atoms with E-state index in [-0.39, 0.29) is 16.0 Å². The number of H-pyrrole nitrogens is 1. The summed E-state index contributed by atoms with van der Waals surface area (Å²) in [4.78, 5) is 7.37. The lowest BCUT2D eigenvalue weighted by atomic mass is 10.9. The quantitative estimate of drug-likeness (QED) is 0.668. The molecule has 0 fully saturated rings. The van der Waals surface area contributed by atoms with Crippen LogP contribution in [-0.2, 0) is 10.0 Å². The van der Waals surface area contributed by atoms with E-state index in [9.17, 15) is 8.42 Å². The fourth-order valence-electron chi connectivity index (χ4n) is 0.961. The molecule has 0 atom stereocenters. The van der Waals surface area contributed by atoms with Crippen LogP contribution >= 0.6 is 11.6 Å². The van der Waals surface area contributed by atoms with Crippen LogP contribution in [0.2, 0.25) is 5.15 Å². The summed E-state index contributed by atoms with van der Waals surface area (Å²) >= 11 is 5.54. The van der Waals surface area contributed by atoms with Crippen molar-refractivity contribution in [1.29, 1.82) is 0 Å². The molecule has 2 aromatic rings. The molecular formula is C4H4ClN5O2S. The highest BCUT2D eigenvalue weighted by atomic mass is 35.5. The van der Waals surface area contributed by atoms with Crippen LogP contribution in [-0.4, -0.2) is 28.0 Å². The predicted molar refractivity (Wildman–Crippen MR) is 43.7 cm³/mol. The maximum atomic E-state index is 11.0. The number of nitrogens with one attached hydrogen (secondary N) is 1. The topological polar surface area (TPSA) is 106 Å². The Kier molecular flexibility index (Phi) is 1.59. The Morgan fingerprint density at radius 2 is 2.31 bits per heavy atom. The molecule has 0 aliphatic heterocycles. The Morgan fingerprint density at radius 3 is 2.92 bits per heavy atom. The van der Waals surface area contributed by atoms with Crippen molar-refractivity contribution in [2.75, 3.05) is 0 Å². The molecule has 0 aliphatic carbocycles. The van der Waals surface area contributed by atoms with Gasteiger partial charge < -0.3 is 0 Å². The molecule has 0 saturated heterocycles. The van der Waals surface area contributed by atoms with Crippen LogP contribution in [0.5, 0.6) is 0 Å². The van der Waals surface area contributed by atoms with Gasteiger partial charge in [0.1, 0.15) is 6.33 Å². The number of imidazole rings is 1. The lowest BCUT2D eigenvalue weighted by Crippen LogP contribution is -2.15. The molecule has 0 amide bonds. The zero-order valence-corrected chi connectivity index (χ0v) is 7.67. The molecular weight excluding hydrogens is 218 g/mol. The Hall–Kier alpha value is -1.12. The highest BCUT2D eigenvalue weighted by Gasteiger charge is 2.21. The van der Waals surface area contributed by atoms with Crippen molar-refractivity contribution in [3.8, 4) is 0 Å². The van der Waals surface area contributed by atoms with Gasteiger partial charge in [-0.3, -0.25) is 5.10 Å². The van der Waals surface area contributed by atoms with E-state index >= 15 is 0 Å². The third-order valence-corrected chi connectivity index (χ3v) is 2.70. The number of aromatic nitrogens is 4. The molecule has 9 heteroatoms. The number of sulfonamides is 1. The lowest BCUT2D eigenvalue weighted by Gasteiger charge is -1.93. The molecule has 0 saturated carbocycles. The number of hydrogen-bond acceptors (Lipinski definition) is 4. The molecule has 0 radical (unpaired) electrons. The van der Waals surface area contributed by atoms with Gasteiger partial charge in [-0.05, 0) is 0 Å². The van der Waals surface area contributed by atoms with Crippen LogP contribution in [0.15, 0.2) is 11.4 Å². The molecule has 0 aliphatic rings. The van der Waals surface area contributed by atoms with Gasteiger partial charge in [-0.15, -0.1) is 0 Å². The summed E-state index contributed by atoms with van der Waals surface area (Å²) < 4.78 is 23.1. The standard InChI is InChI=1S/C4H4ClN5O2S/c5-2-3(13(6,11)12)10-4(9-2)7-1-8-10/h1H,(H2,6,11,12)(H,7,8,9). The largest absolute Gasteiger partial charge is 0.280 e. The molecule has 0 unspecified atom stereocenters. The summed E-state index contributed by atoms with van der Waals surface area (Å²) in [5.74, 6) is 0.161.